The predicted molar refractivity (Wildman–Crippen MR) is 72.8 cm³/mol. The van der Waals surface area contributed by atoms with Gasteiger partial charge in [-0.05, 0) is 24.3 Å². The van der Waals surface area contributed by atoms with Crippen LogP contribution in [0.3, 0.4) is 0 Å². The van der Waals surface area contributed by atoms with Gasteiger partial charge in [0.2, 0.25) is 0 Å². The normalized spacial score (nSPS) is 25.8. The molecule has 0 aromatic carbocycles. The van der Waals surface area contributed by atoms with Gasteiger partial charge in [0.15, 0.2) is 0 Å². The fraction of sp³-hybridized carbons (Fsp3) is 0.333. The largest absolute Gasteiger partial charge is 0.394 e. The molecule has 0 aliphatic carbocycles. The highest BCUT2D eigenvalue weighted by atomic mass is 16.5. The molecular weight excluding hydrogens is 256 g/mol. The summed E-state index contributed by atoms with van der Waals surface area (Å²) < 4.78 is 5.62. The number of hydrogen-bond donors (Lipinski definition) is 2. The smallest absolute Gasteiger partial charge is 0.107 e. The van der Waals surface area contributed by atoms with Gasteiger partial charge in [-0.3, -0.25) is 4.98 Å². The van der Waals surface area contributed by atoms with Gasteiger partial charge in [-0.1, -0.05) is 12.1 Å². The van der Waals surface area contributed by atoms with Gasteiger partial charge < -0.3 is 14.9 Å². The third-order valence-corrected chi connectivity index (χ3v) is 3.43. The molecular formula is C15H16N2O3. The molecule has 1 aliphatic heterocycles. The van der Waals surface area contributed by atoms with E-state index in [1.165, 1.54) is 0 Å². The number of pyridine rings is 2. The Labute approximate surface area is 116 Å². The molecule has 3 heterocycles. The zero-order chi connectivity index (χ0) is 13.9. The Hall–Kier alpha value is -1.82. The van der Waals surface area contributed by atoms with E-state index in [1.54, 1.807) is 6.20 Å². The lowest BCUT2D eigenvalue weighted by Crippen LogP contribution is -2.24. The molecule has 0 unspecified atom stereocenters. The maximum atomic E-state index is 9.78. The summed E-state index contributed by atoms with van der Waals surface area (Å²) in [5, 5.41) is 18.9. The maximum Gasteiger partial charge on any atom is 0.107 e. The molecule has 0 amide bonds. The Morgan fingerprint density at radius 2 is 2.00 bits per heavy atom. The molecule has 1 fully saturated rings. The van der Waals surface area contributed by atoms with Crippen LogP contribution in [0.1, 0.15) is 18.2 Å². The van der Waals surface area contributed by atoms with E-state index < -0.39 is 12.2 Å². The van der Waals surface area contributed by atoms with Crippen molar-refractivity contribution >= 4 is 0 Å². The monoisotopic (exact) mass is 272 g/mol. The number of aromatic nitrogens is 2. The Kier molecular flexibility index (Phi) is 3.73. The fourth-order valence-electron chi connectivity index (χ4n) is 2.37. The van der Waals surface area contributed by atoms with E-state index in [9.17, 15) is 5.11 Å². The van der Waals surface area contributed by atoms with Gasteiger partial charge in [0.25, 0.3) is 0 Å². The topological polar surface area (TPSA) is 75.5 Å². The third-order valence-electron chi connectivity index (χ3n) is 3.43. The van der Waals surface area contributed by atoms with Crippen molar-refractivity contribution in [2.24, 2.45) is 0 Å². The van der Waals surface area contributed by atoms with Crippen molar-refractivity contribution in [1.82, 2.24) is 9.97 Å². The van der Waals surface area contributed by atoms with Crippen LogP contribution in [0.15, 0.2) is 42.6 Å². The average molecular weight is 272 g/mol. The van der Waals surface area contributed by atoms with Crippen LogP contribution in [-0.4, -0.2) is 39.0 Å². The highest BCUT2D eigenvalue weighted by Crippen LogP contribution is 2.32. The van der Waals surface area contributed by atoms with Crippen molar-refractivity contribution in [2.45, 2.75) is 24.7 Å². The van der Waals surface area contributed by atoms with Gasteiger partial charge in [0.1, 0.15) is 12.2 Å². The highest BCUT2D eigenvalue weighted by Gasteiger charge is 2.34. The average Bonchev–Trinajstić information content (AvgIpc) is 2.89. The molecule has 3 rings (SSSR count). The third kappa shape index (κ3) is 2.56. The SMILES string of the molecule is OC[C@H]1O[C@@H](c2cccc(-c3ccccn3)n2)C[C@@H]1O. The van der Waals surface area contributed by atoms with Gasteiger partial charge in [0.05, 0.1) is 29.8 Å². The van der Waals surface area contributed by atoms with Gasteiger partial charge in [-0.15, -0.1) is 0 Å². The molecule has 0 radical (unpaired) electrons. The first kappa shape index (κ1) is 13.2. The van der Waals surface area contributed by atoms with Crippen LogP contribution in [0, 0.1) is 0 Å². The van der Waals surface area contributed by atoms with E-state index in [0.29, 0.717) is 6.42 Å². The number of hydrogen-bond acceptors (Lipinski definition) is 5. The van der Waals surface area contributed by atoms with Crippen LogP contribution in [0.5, 0.6) is 0 Å². The van der Waals surface area contributed by atoms with Gasteiger partial charge in [0, 0.05) is 12.6 Å². The van der Waals surface area contributed by atoms with Crippen LogP contribution in [-0.2, 0) is 4.74 Å². The quantitative estimate of drug-likeness (QED) is 0.881. The minimum absolute atomic E-state index is 0.183. The summed E-state index contributed by atoms with van der Waals surface area (Å²) in [7, 11) is 0. The summed E-state index contributed by atoms with van der Waals surface area (Å²) in [5.74, 6) is 0. The summed E-state index contributed by atoms with van der Waals surface area (Å²) in [5.41, 5.74) is 2.32. The molecule has 2 aromatic heterocycles. The molecule has 20 heavy (non-hydrogen) atoms. The van der Waals surface area contributed by atoms with Crippen molar-refractivity contribution in [3.63, 3.8) is 0 Å². The molecule has 2 N–H and O–H groups in total. The second-order valence-electron chi connectivity index (χ2n) is 4.81. The maximum absolute atomic E-state index is 9.78. The second-order valence-corrected chi connectivity index (χ2v) is 4.81. The number of nitrogens with zero attached hydrogens (tertiary/aromatic N) is 2. The fourth-order valence-corrected chi connectivity index (χ4v) is 2.37. The summed E-state index contributed by atoms with van der Waals surface area (Å²) in [6.45, 7) is -0.183. The Bertz CT molecular complexity index is 576. The van der Waals surface area contributed by atoms with E-state index in [2.05, 4.69) is 9.97 Å². The van der Waals surface area contributed by atoms with Crippen LogP contribution in [0.25, 0.3) is 11.4 Å². The van der Waals surface area contributed by atoms with Crippen molar-refractivity contribution in [2.75, 3.05) is 6.61 Å². The first-order chi connectivity index (χ1) is 9.78. The van der Waals surface area contributed by atoms with E-state index in [0.717, 1.165) is 17.1 Å². The van der Waals surface area contributed by atoms with Crippen LogP contribution in [0.2, 0.25) is 0 Å². The lowest BCUT2D eigenvalue weighted by atomic mass is 10.1. The zero-order valence-electron chi connectivity index (χ0n) is 10.9. The molecule has 2 aromatic rings. The van der Waals surface area contributed by atoms with E-state index in [4.69, 9.17) is 9.84 Å². The first-order valence-electron chi connectivity index (χ1n) is 6.60. The predicted octanol–water partition coefficient (Wildman–Crippen LogP) is 1.33. The highest BCUT2D eigenvalue weighted by molar-refractivity contribution is 5.53. The zero-order valence-corrected chi connectivity index (χ0v) is 10.9. The van der Waals surface area contributed by atoms with Gasteiger partial charge >= 0.3 is 0 Å². The Balaban J connectivity index is 1.86. The Morgan fingerprint density at radius 1 is 1.15 bits per heavy atom. The number of ether oxygens (including phenoxy) is 1. The molecule has 0 bridgehead atoms. The van der Waals surface area contributed by atoms with E-state index in [1.807, 2.05) is 36.4 Å². The van der Waals surface area contributed by atoms with Crippen LogP contribution >= 0.6 is 0 Å². The molecule has 0 spiro atoms. The summed E-state index contributed by atoms with van der Waals surface area (Å²) in [4.78, 5) is 8.82. The standard InChI is InChI=1S/C15H16N2O3/c18-9-15-13(19)8-14(20-15)12-6-3-5-11(17-12)10-4-1-2-7-16-10/h1-7,13-15,18-19H,8-9H2/t13-,14+,15+/m0/s1. The second kappa shape index (κ2) is 5.66. The van der Waals surface area contributed by atoms with Crippen LogP contribution < -0.4 is 0 Å². The Morgan fingerprint density at radius 3 is 2.70 bits per heavy atom. The van der Waals surface area contributed by atoms with Crippen molar-refractivity contribution in [3.05, 3.63) is 48.3 Å². The van der Waals surface area contributed by atoms with Crippen LogP contribution in [0.4, 0.5) is 0 Å². The molecule has 5 nitrogen and oxygen atoms in total. The van der Waals surface area contributed by atoms with Crippen molar-refractivity contribution in [3.8, 4) is 11.4 Å². The van der Waals surface area contributed by atoms with Gasteiger partial charge in [-0.2, -0.15) is 0 Å². The van der Waals surface area contributed by atoms with E-state index >= 15 is 0 Å². The number of aliphatic hydroxyl groups is 2. The minimum Gasteiger partial charge on any atom is -0.394 e. The van der Waals surface area contributed by atoms with Crippen molar-refractivity contribution < 1.29 is 14.9 Å². The lowest BCUT2D eigenvalue weighted by molar-refractivity contribution is -0.0235. The molecule has 104 valence electrons. The summed E-state index contributed by atoms with van der Waals surface area (Å²) in [6.07, 6.45) is 0.710. The lowest BCUT2D eigenvalue weighted by Gasteiger charge is -2.12. The molecule has 3 atom stereocenters. The molecule has 5 heteroatoms. The molecule has 0 saturated carbocycles. The molecule has 1 saturated heterocycles. The summed E-state index contributed by atoms with van der Waals surface area (Å²) in [6, 6.07) is 11.3. The van der Waals surface area contributed by atoms with Gasteiger partial charge in [-0.25, -0.2) is 4.98 Å². The first-order valence-corrected chi connectivity index (χ1v) is 6.60. The minimum atomic E-state index is -0.648. The number of aliphatic hydroxyl groups excluding tert-OH is 2. The summed E-state index contributed by atoms with van der Waals surface area (Å²) >= 11 is 0. The van der Waals surface area contributed by atoms with Crippen molar-refractivity contribution in [1.29, 1.82) is 0 Å². The van der Waals surface area contributed by atoms with E-state index in [-0.39, 0.29) is 12.7 Å². The number of rotatable bonds is 3. The molecule has 1 aliphatic rings.